The minimum absolute atomic E-state index is 0.103. The van der Waals surface area contributed by atoms with Crippen molar-refractivity contribution in [2.24, 2.45) is 18.8 Å². The summed E-state index contributed by atoms with van der Waals surface area (Å²) in [6.45, 7) is 5.16. The van der Waals surface area contributed by atoms with Gasteiger partial charge < -0.3 is 4.74 Å². The zero-order valence-electron chi connectivity index (χ0n) is 13.6. The van der Waals surface area contributed by atoms with E-state index in [0.717, 1.165) is 38.2 Å². The molecule has 120 valence electrons. The fraction of sp³-hybridized carbons (Fsp3) is 0.812. The van der Waals surface area contributed by atoms with Crippen LogP contribution in [0.25, 0.3) is 0 Å². The lowest BCUT2D eigenvalue weighted by Crippen LogP contribution is -2.56. The van der Waals surface area contributed by atoms with Gasteiger partial charge in [0.25, 0.3) is 0 Å². The van der Waals surface area contributed by atoms with Gasteiger partial charge >= 0.3 is 0 Å². The number of hydrogen-bond acceptors (Lipinski definition) is 4. The molecule has 0 saturated heterocycles. The first-order chi connectivity index (χ1) is 10.1. The third-order valence-corrected chi connectivity index (χ3v) is 5.00. The molecule has 0 amide bonds. The highest BCUT2D eigenvalue weighted by atomic mass is 16.5. The summed E-state index contributed by atoms with van der Waals surface area (Å²) in [4.78, 5) is 0. The molecule has 1 aromatic rings. The molecule has 0 spiro atoms. The highest BCUT2D eigenvalue weighted by molar-refractivity contribution is 5.03. The van der Waals surface area contributed by atoms with Crippen LogP contribution < -0.4 is 11.3 Å². The lowest BCUT2D eigenvalue weighted by molar-refractivity contribution is -0.0978. The van der Waals surface area contributed by atoms with Gasteiger partial charge in [-0.2, -0.15) is 5.10 Å². The van der Waals surface area contributed by atoms with E-state index < -0.39 is 0 Å². The maximum atomic E-state index is 6.21. The van der Waals surface area contributed by atoms with E-state index in [9.17, 15) is 0 Å². The molecule has 1 unspecified atom stereocenters. The minimum Gasteiger partial charge on any atom is -0.374 e. The van der Waals surface area contributed by atoms with E-state index in [4.69, 9.17) is 10.6 Å². The number of hydrazine groups is 1. The average Bonchev–Trinajstić information content (AvgIpc) is 2.88. The topological polar surface area (TPSA) is 65.1 Å². The van der Waals surface area contributed by atoms with Crippen LogP contribution in [0, 0.1) is 5.92 Å². The predicted molar refractivity (Wildman–Crippen MR) is 84.6 cm³/mol. The third-order valence-electron chi connectivity index (χ3n) is 5.00. The summed E-state index contributed by atoms with van der Waals surface area (Å²) in [5.41, 5.74) is 4.18. The zero-order chi connectivity index (χ0) is 15.3. The van der Waals surface area contributed by atoms with Crippen LogP contribution >= 0.6 is 0 Å². The Bertz CT molecular complexity index is 424. The smallest absolute Gasteiger partial charge is 0.0848 e. The van der Waals surface area contributed by atoms with Crippen molar-refractivity contribution in [3.63, 3.8) is 0 Å². The highest BCUT2D eigenvalue weighted by Gasteiger charge is 2.41. The van der Waals surface area contributed by atoms with E-state index in [1.807, 2.05) is 17.9 Å². The number of ether oxygens (including phenoxy) is 1. The number of nitrogens with two attached hydrogens (primary N) is 1. The van der Waals surface area contributed by atoms with Gasteiger partial charge in [0, 0.05) is 25.5 Å². The van der Waals surface area contributed by atoms with Crippen LogP contribution in [0.5, 0.6) is 0 Å². The Kier molecular flexibility index (Phi) is 5.79. The molecule has 3 N–H and O–H groups in total. The number of nitrogens with one attached hydrogen (secondary N) is 1. The molecular formula is C16H30N4O. The SMILES string of the molecule is CCOC1(C(CCc2ccnn2C)NN)CCC(C)CC1. The third kappa shape index (κ3) is 3.84. The number of aromatic nitrogens is 2. The van der Waals surface area contributed by atoms with Crippen molar-refractivity contribution < 1.29 is 4.74 Å². The predicted octanol–water partition coefficient (Wildman–Crippen LogP) is 2.17. The summed E-state index contributed by atoms with van der Waals surface area (Å²) >= 11 is 0. The maximum Gasteiger partial charge on any atom is 0.0848 e. The average molecular weight is 294 g/mol. The molecule has 1 atom stereocenters. The first kappa shape index (κ1) is 16.5. The summed E-state index contributed by atoms with van der Waals surface area (Å²) in [5, 5.41) is 4.23. The molecule has 5 nitrogen and oxygen atoms in total. The Morgan fingerprint density at radius 1 is 1.52 bits per heavy atom. The maximum absolute atomic E-state index is 6.21. The molecule has 1 fully saturated rings. The first-order valence-electron chi connectivity index (χ1n) is 8.18. The largest absolute Gasteiger partial charge is 0.374 e. The van der Waals surface area contributed by atoms with Crippen molar-refractivity contribution in [3.8, 4) is 0 Å². The summed E-state index contributed by atoms with van der Waals surface area (Å²) in [5.74, 6) is 6.68. The van der Waals surface area contributed by atoms with Crippen LogP contribution in [-0.4, -0.2) is 28.0 Å². The van der Waals surface area contributed by atoms with Crippen LogP contribution in [0.4, 0.5) is 0 Å². The molecule has 1 saturated carbocycles. The summed E-state index contributed by atoms with van der Waals surface area (Å²) in [6.07, 6.45) is 8.44. The van der Waals surface area contributed by atoms with Crippen molar-refractivity contribution in [2.75, 3.05) is 6.61 Å². The second-order valence-corrected chi connectivity index (χ2v) is 6.38. The first-order valence-corrected chi connectivity index (χ1v) is 8.18. The summed E-state index contributed by atoms with van der Waals surface area (Å²) < 4.78 is 8.14. The molecule has 1 aliphatic carbocycles. The number of nitrogens with zero attached hydrogens (tertiary/aromatic N) is 2. The molecule has 1 heterocycles. The van der Waals surface area contributed by atoms with Gasteiger partial charge in [-0.05, 0) is 57.4 Å². The van der Waals surface area contributed by atoms with E-state index in [0.29, 0.717) is 0 Å². The van der Waals surface area contributed by atoms with Gasteiger partial charge in [0.15, 0.2) is 0 Å². The van der Waals surface area contributed by atoms with E-state index in [1.165, 1.54) is 18.5 Å². The monoisotopic (exact) mass is 294 g/mol. The number of aryl methyl sites for hydroxylation is 2. The Labute approximate surface area is 128 Å². The van der Waals surface area contributed by atoms with Crippen molar-refractivity contribution >= 4 is 0 Å². The standard InChI is InChI=1S/C16H30N4O/c1-4-21-16(10-7-13(2)8-11-16)15(19-17)6-5-14-9-12-18-20(14)3/h9,12-13,15,19H,4-8,10-11,17H2,1-3H3. The Hall–Kier alpha value is -0.910. The molecule has 2 rings (SSSR count). The van der Waals surface area contributed by atoms with Crippen LogP contribution in [0.3, 0.4) is 0 Å². The van der Waals surface area contributed by atoms with Crippen LogP contribution in [0.15, 0.2) is 12.3 Å². The highest BCUT2D eigenvalue weighted by Crippen LogP contribution is 2.38. The van der Waals surface area contributed by atoms with Gasteiger partial charge in [-0.3, -0.25) is 16.0 Å². The Morgan fingerprint density at radius 3 is 2.76 bits per heavy atom. The molecule has 0 aliphatic heterocycles. The molecule has 21 heavy (non-hydrogen) atoms. The quantitative estimate of drug-likeness (QED) is 0.597. The summed E-state index contributed by atoms with van der Waals surface area (Å²) in [6, 6.07) is 2.27. The zero-order valence-corrected chi connectivity index (χ0v) is 13.6. The second-order valence-electron chi connectivity index (χ2n) is 6.38. The number of rotatable bonds is 7. The van der Waals surface area contributed by atoms with Crippen molar-refractivity contribution in [2.45, 2.75) is 64.0 Å². The summed E-state index contributed by atoms with van der Waals surface area (Å²) in [7, 11) is 1.99. The Balaban J connectivity index is 2.03. The molecule has 0 radical (unpaired) electrons. The van der Waals surface area contributed by atoms with Crippen LogP contribution in [0.1, 0.15) is 51.6 Å². The molecule has 1 aliphatic rings. The fourth-order valence-electron chi connectivity index (χ4n) is 3.57. The minimum atomic E-state index is -0.103. The van der Waals surface area contributed by atoms with Gasteiger partial charge in [-0.15, -0.1) is 0 Å². The molecule has 0 aromatic carbocycles. The van der Waals surface area contributed by atoms with Crippen LogP contribution in [-0.2, 0) is 18.2 Å². The fourth-order valence-corrected chi connectivity index (χ4v) is 3.57. The van der Waals surface area contributed by atoms with E-state index in [-0.39, 0.29) is 11.6 Å². The molecule has 5 heteroatoms. The van der Waals surface area contributed by atoms with Crippen molar-refractivity contribution in [1.29, 1.82) is 0 Å². The second kappa shape index (κ2) is 7.38. The van der Waals surface area contributed by atoms with Gasteiger partial charge in [-0.1, -0.05) is 6.92 Å². The van der Waals surface area contributed by atoms with Crippen LogP contribution in [0.2, 0.25) is 0 Å². The lowest BCUT2D eigenvalue weighted by atomic mass is 9.74. The van der Waals surface area contributed by atoms with Crippen molar-refractivity contribution in [3.05, 3.63) is 18.0 Å². The van der Waals surface area contributed by atoms with E-state index in [2.05, 4.69) is 30.4 Å². The van der Waals surface area contributed by atoms with Crippen molar-refractivity contribution in [1.82, 2.24) is 15.2 Å². The van der Waals surface area contributed by atoms with E-state index in [1.54, 1.807) is 0 Å². The van der Waals surface area contributed by atoms with Gasteiger partial charge in [0.1, 0.15) is 0 Å². The molecular weight excluding hydrogens is 264 g/mol. The molecule has 1 aromatic heterocycles. The molecule has 0 bridgehead atoms. The van der Waals surface area contributed by atoms with Gasteiger partial charge in [0.2, 0.25) is 0 Å². The number of hydrogen-bond donors (Lipinski definition) is 2. The van der Waals surface area contributed by atoms with Gasteiger partial charge in [0.05, 0.1) is 11.6 Å². The Morgan fingerprint density at radius 2 is 2.24 bits per heavy atom. The van der Waals surface area contributed by atoms with Gasteiger partial charge in [-0.25, -0.2) is 0 Å². The van der Waals surface area contributed by atoms with E-state index >= 15 is 0 Å². The lowest BCUT2D eigenvalue weighted by Gasteiger charge is -2.44. The normalized spacial score (nSPS) is 27.7.